The summed E-state index contributed by atoms with van der Waals surface area (Å²) < 4.78 is 10.8. The summed E-state index contributed by atoms with van der Waals surface area (Å²) in [4.78, 5) is 18.8. The van der Waals surface area contributed by atoms with Gasteiger partial charge in [-0.1, -0.05) is 55.5 Å². The van der Waals surface area contributed by atoms with Gasteiger partial charge in [-0.15, -0.1) is 11.3 Å². The third-order valence-corrected chi connectivity index (χ3v) is 6.74. The number of rotatable bonds is 6. The molecular weight excluding hydrogens is 458 g/mol. The lowest BCUT2D eigenvalue weighted by molar-refractivity contribution is 0.575. The van der Waals surface area contributed by atoms with E-state index in [1.54, 1.807) is 15.6 Å². The number of furan rings is 1. The SMILES string of the molecule is Cc1c(N=c2scc(-c3ccco3)n2N=CC(C)c2ccccc2)c(=O)n(-c2ccccc2)n1C. The van der Waals surface area contributed by atoms with E-state index < -0.39 is 0 Å². The molecule has 0 bridgehead atoms. The first-order chi connectivity index (χ1) is 17.0. The fourth-order valence-electron chi connectivity index (χ4n) is 3.87. The molecule has 0 fully saturated rings. The first-order valence-electron chi connectivity index (χ1n) is 11.3. The third kappa shape index (κ3) is 4.36. The van der Waals surface area contributed by atoms with Crippen molar-refractivity contribution in [1.29, 1.82) is 0 Å². The van der Waals surface area contributed by atoms with E-state index in [0.717, 1.165) is 22.6 Å². The van der Waals surface area contributed by atoms with Gasteiger partial charge in [0.25, 0.3) is 5.56 Å². The van der Waals surface area contributed by atoms with Crippen LogP contribution in [0.2, 0.25) is 0 Å². The topological polar surface area (TPSA) is 69.7 Å². The van der Waals surface area contributed by atoms with Crippen LogP contribution in [0.1, 0.15) is 24.1 Å². The average Bonchev–Trinajstić information content (AvgIpc) is 3.60. The van der Waals surface area contributed by atoms with E-state index >= 15 is 0 Å². The van der Waals surface area contributed by atoms with Crippen LogP contribution in [-0.4, -0.2) is 20.3 Å². The second kappa shape index (κ2) is 9.60. The van der Waals surface area contributed by atoms with E-state index in [1.807, 2.05) is 90.9 Å². The molecule has 0 spiro atoms. The molecule has 3 heterocycles. The molecule has 5 rings (SSSR count). The molecule has 35 heavy (non-hydrogen) atoms. The van der Waals surface area contributed by atoms with Crippen molar-refractivity contribution >= 4 is 23.2 Å². The Morgan fingerprint density at radius 2 is 1.71 bits per heavy atom. The van der Waals surface area contributed by atoms with Crippen LogP contribution >= 0.6 is 11.3 Å². The fourth-order valence-corrected chi connectivity index (χ4v) is 4.69. The second-order valence-electron chi connectivity index (χ2n) is 8.18. The quantitative estimate of drug-likeness (QED) is 0.300. The van der Waals surface area contributed by atoms with Gasteiger partial charge >= 0.3 is 0 Å². The Kier molecular flexibility index (Phi) is 6.20. The lowest BCUT2D eigenvalue weighted by Gasteiger charge is -2.07. The Labute approximate surface area is 206 Å². The summed E-state index contributed by atoms with van der Waals surface area (Å²) in [5.74, 6) is 0.772. The van der Waals surface area contributed by atoms with Crippen LogP contribution in [0.3, 0.4) is 0 Å². The lowest BCUT2D eigenvalue weighted by Crippen LogP contribution is -2.20. The second-order valence-corrected chi connectivity index (χ2v) is 9.02. The minimum Gasteiger partial charge on any atom is -0.463 e. The number of nitrogens with zero attached hydrogens (tertiary/aromatic N) is 5. The molecule has 0 saturated heterocycles. The maximum Gasteiger partial charge on any atom is 0.297 e. The summed E-state index contributed by atoms with van der Waals surface area (Å²) in [5.41, 5.74) is 3.68. The Hall–Kier alpha value is -4.17. The number of hydrogen-bond donors (Lipinski definition) is 0. The van der Waals surface area contributed by atoms with Crippen molar-refractivity contribution in [3.63, 3.8) is 0 Å². The van der Waals surface area contributed by atoms with Gasteiger partial charge in [0.1, 0.15) is 5.69 Å². The van der Waals surface area contributed by atoms with E-state index in [-0.39, 0.29) is 11.5 Å². The molecule has 176 valence electrons. The summed E-state index contributed by atoms with van der Waals surface area (Å²) in [6.07, 6.45) is 3.51. The Morgan fingerprint density at radius 1 is 1.00 bits per heavy atom. The van der Waals surface area contributed by atoms with Gasteiger partial charge < -0.3 is 4.42 Å². The van der Waals surface area contributed by atoms with Crippen LogP contribution in [-0.2, 0) is 7.05 Å². The summed E-state index contributed by atoms with van der Waals surface area (Å²) in [5, 5.41) is 6.71. The van der Waals surface area contributed by atoms with Crippen molar-refractivity contribution in [2.45, 2.75) is 19.8 Å². The number of thiazole rings is 1. The van der Waals surface area contributed by atoms with Crippen LogP contribution in [0, 0.1) is 6.92 Å². The van der Waals surface area contributed by atoms with Crippen molar-refractivity contribution in [3.8, 4) is 17.1 Å². The normalized spacial score (nSPS) is 13.1. The summed E-state index contributed by atoms with van der Waals surface area (Å²) in [6, 6.07) is 23.5. The molecule has 8 heteroatoms. The van der Waals surface area contributed by atoms with Gasteiger partial charge in [-0.3, -0.25) is 9.48 Å². The molecule has 5 aromatic rings. The van der Waals surface area contributed by atoms with Crippen molar-refractivity contribution in [1.82, 2.24) is 14.0 Å². The standard InChI is InChI=1S/C27H25N5O2S/c1-19(21-11-6-4-7-12-21)17-28-31-23(24-15-10-16-34-24)18-35-27(31)29-25-20(2)30(3)32(26(25)33)22-13-8-5-9-14-22/h4-19H,1-3H3. The van der Waals surface area contributed by atoms with Gasteiger partial charge in [0.05, 0.1) is 17.6 Å². The van der Waals surface area contributed by atoms with Crippen molar-refractivity contribution < 1.29 is 4.42 Å². The molecule has 3 aromatic heterocycles. The highest BCUT2D eigenvalue weighted by Gasteiger charge is 2.17. The summed E-state index contributed by atoms with van der Waals surface area (Å²) in [7, 11) is 1.86. The predicted molar refractivity (Wildman–Crippen MR) is 140 cm³/mol. The summed E-state index contributed by atoms with van der Waals surface area (Å²) in [6.45, 7) is 3.99. The molecule has 7 nitrogen and oxygen atoms in total. The van der Waals surface area contributed by atoms with Crippen molar-refractivity contribution in [2.75, 3.05) is 0 Å². The molecule has 0 amide bonds. The number of para-hydroxylation sites is 1. The molecule has 0 saturated carbocycles. The molecule has 1 unspecified atom stereocenters. The van der Waals surface area contributed by atoms with Crippen molar-refractivity contribution in [3.05, 3.63) is 111 Å². The first-order valence-corrected chi connectivity index (χ1v) is 12.1. The third-order valence-electron chi connectivity index (χ3n) is 5.92. The van der Waals surface area contributed by atoms with E-state index in [9.17, 15) is 4.79 Å². The maximum absolute atomic E-state index is 13.4. The zero-order valence-electron chi connectivity index (χ0n) is 19.7. The molecule has 0 aliphatic heterocycles. The van der Waals surface area contributed by atoms with Gasteiger partial charge in [0, 0.05) is 24.6 Å². The minimum atomic E-state index is -0.183. The zero-order chi connectivity index (χ0) is 24.4. The summed E-state index contributed by atoms with van der Waals surface area (Å²) >= 11 is 1.41. The Morgan fingerprint density at radius 3 is 2.40 bits per heavy atom. The number of benzene rings is 2. The maximum atomic E-state index is 13.4. The smallest absolute Gasteiger partial charge is 0.297 e. The Balaban J connectivity index is 1.64. The highest BCUT2D eigenvalue weighted by molar-refractivity contribution is 7.07. The molecule has 0 N–H and O–H groups in total. The van der Waals surface area contributed by atoms with Crippen LogP contribution in [0.15, 0.2) is 104 Å². The minimum absolute atomic E-state index is 0.0923. The van der Waals surface area contributed by atoms with Gasteiger partial charge in [-0.05, 0) is 36.8 Å². The fraction of sp³-hybridized carbons (Fsp3) is 0.148. The monoisotopic (exact) mass is 483 g/mol. The largest absolute Gasteiger partial charge is 0.463 e. The van der Waals surface area contributed by atoms with Crippen LogP contribution < -0.4 is 10.4 Å². The highest BCUT2D eigenvalue weighted by atomic mass is 32.1. The highest BCUT2D eigenvalue weighted by Crippen LogP contribution is 2.22. The number of hydrogen-bond acceptors (Lipinski definition) is 5. The van der Waals surface area contributed by atoms with Crippen molar-refractivity contribution in [2.24, 2.45) is 17.1 Å². The van der Waals surface area contributed by atoms with Gasteiger partial charge in [0.15, 0.2) is 11.4 Å². The number of aromatic nitrogens is 3. The van der Waals surface area contributed by atoms with Crippen LogP contribution in [0.25, 0.3) is 17.1 Å². The zero-order valence-corrected chi connectivity index (χ0v) is 20.5. The molecule has 0 aliphatic rings. The molecular formula is C27H25N5O2S. The average molecular weight is 484 g/mol. The molecule has 2 aromatic carbocycles. The van der Waals surface area contributed by atoms with Crippen LogP contribution in [0.5, 0.6) is 0 Å². The molecule has 0 radical (unpaired) electrons. The first kappa shape index (κ1) is 22.6. The molecule has 1 atom stereocenters. The predicted octanol–water partition coefficient (Wildman–Crippen LogP) is 5.48. The van der Waals surface area contributed by atoms with Crippen LogP contribution in [0.4, 0.5) is 5.69 Å². The van der Waals surface area contributed by atoms with Gasteiger partial charge in [-0.25, -0.2) is 14.4 Å². The van der Waals surface area contributed by atoms with Gasteiger partial charge in [-0.2, -0.15) is 5.10 Å². The lowest BCUT2D eigenvalue weighted by atomic mass is 10.0. The van der Waals surface area contributed by atoms with E-state index in [2.05, 4.69) is 19.1 Å². The Bertz CT molecular complexity index is 1590. The van der Waals surface area contributed by atoms with Gasteiger partial charge in [0.2, 0.25) is 4.80 Å². The van der Waals surface area contributed by atoms with E-state index in [4.69, 9.17) is 14.5 Å². The van der Waals surface area contributed by atoms with E-state index in [1.165, 1.54) is 11.3 Å². The van der Waals surface area contributed by atoms with E-state index in [0.29, 0.717) is 16.2 Å². The molecule has 0 aliphatic carbocycles.